The number of nitrogens with zero attached hydrogens (tertiary/aromatic N) is 1. The van der Waals surface area contributed by atoms with E-state index in [1.54, 1.807) is 0 Å². The van der Waals surface area contributed by atoms with Gasteiger partial charge in [-0.15, -0.1) is 0 Å². The number of carbonyl (C=O) groups is 1. The molecule has 0 atom stereocenters. The molecule has 1 rings (SSSR count). The summed E-state index contributed by atoms with van der Waals surface area (Å²) >= 11 is 0. The number of amides is 1. The first-order chi connectivity index (χ1) is 5.56. The van der Waals surface area contributed by atoms with E-state index in [0.29, 0.717) is 0 Å². The molecule has 1 heterocycles. The third-order valence-corrected chi connectivity index (χ3v) is 3.01. The Kier molecular flexibility index (Phi) is 2.43. The van der Waals surface area contributed by atoms with E-state index in [1.165, 1.54) is 0 Å². The van der Waals surface area contributed by atoms with E-state index in [-0.39, 0.29) is 17.2 Å². The molecule has 0 saturated carbocycles. The molecule has 0 bridgehead atoms. The predicted octanol–water partition coefficient (Wildman–Crippen LogP) is -1.77. The zero-order valence-electron chi connectivity index (χ0n) is 6.15. The van der Waals surface area contributed by atoms with Crippen LogP contribution in [0.3, 0.4) is 0 Å². The maximum Gasteiger partial charge on any atom is 0.246 e. The maximum atomic E-state index is 11.1. The van der Waals surface area contributed by atoms with E-state index in [9.17, 15) is 13.2 Å². The third kappa shape index (κ3) is 1.80. The number of aliphatic hydroxyl groups is 1. The summed E-state index contributed by atoms with van der Waals surface area (Å²) in [4.78, 5) is 10.6. The molecule has 6 nitrogen and oxygen atoms in total. The topological polar surface area (TPSA) is 95.8 Å². The Labute approximate surface area is 69.2 Å². The highest BCUT2D eigenvalue weighted by Crippen LogP contribution is 2.04. The van der Waals surface area contributed by atoms with Gasteiger partial charge in [0.15, 0.2) is 14.9 Å². The maximum absolute atomic E-state index is 11.1. The van der Waals surface area contributed by atoms with Gasteiger partial charge in [0, 0.05) is 0 Å². The van der Waals surface area contributed by atoms with Gasteiger partial charge < -0.3 is 5.11 Å². The first-order valence-corrected chi connectivity index (χ1v) is 4.90. The smallest absolute Gasteiger partial charge is 0.246 e. The van der Waals surface area contributed by atoms with Crippen molar-refractivity contribution >= 4 is 20.8 Å². The van der Waals surface area contributed by atoms with E-state index >= 15 is 0 Å². The van der Waals surface area contributed by atoms with Crippen molar-refractivity contribution in [3.63, 3.8) is 0 Å². The zero-order valence-corrected chi connectivity index (χ0v) is 6.97. The molecule has 1 amide bonds. The number of carbonyl (C=O) groups excluding carboxylic acids is 1. The van der Waals surface area contributed by atoms with Crippen molar-refractivity contribution in [2.75, 3.05) is 12.4 Å². The molecule has 12 heavy (non-hydrogen) atoms. The predicted molar refractivity (Wildman–Crippen MR) is 41.1 cm³/mol. The lowest BCUT2D eigenvalue weighted by molar-refractivity contribution is -0.119. The lowest BCUT2D eigenvalue weighted by Crippen LogP contribution is -2.19. The fraction of sp³-hybridized carbons (Fsp3) is 0.600. The van der Waals surface area contributed by atoms with Crippen molar-refractivity contribution in [3.8, 4) is 0 Å². The Morgan fingerprint density at radius 3 is 2.67 bits per heavy atom. The number of nitrogens with one attached hydrogen (secondary N) is 1. The summed E-state index contributed by atoms with van der Waals surface area (Å²) in [7, 11) is -3.53. The molecule has 0 radical (unpaired) electrons. The van der Waals surface area contributed by atoms with Gasteiger partial charge in [-0.05, 0) is 0 Å². The first kappa shape index (κ1) is 9.14. The van der Waals surface area contributed by atoms with E-state index in [2.05, 4.69) is 5.10 Å². The van der Waals surface area contributed by atoms with Gasteiger partial charge in [0.05, 0.1) is 18.8 Å². The molecule has 2 N–H and O–H groups in total. The number of hydrogen-bond donors (Lipinski definition) is 2. The van der Waals surface area contributed by atoms with Crippen molar-refractivity contribution in [1.82, 2.24) is 5.43 Å². The highest BCUT2D eigenvalue weighted by Gasteiger charge is 2.26. The van der Waals surface area contributed by atoms with Crippen LogP contribution in [0.5, 0.6) is 0 Å². The standard InChI is InChI=1S/C5H8N2O4S/c8-1-2-12(10,11)5-3-4(9)6-7-5/h8H,1-3H2,(H,6,9). The van der Waals surface area contributed by atoms with Crippen molar-refractivity contribution in [3.05, 3.63) is 0 Å². The zero-order chi connectivity index (χ0) is 9.19. The highest BCUT2D eigenvalue weighted by molar-refractivity contribution is 8.06. The Morgan fingerprint density at radius 1 is 1.58 bits per heavy atom. The molecule has 0 spiro atoms. The molecule has 0 unspecified atom stereocenters. The summed E-state index contributed by atoms with van der Waals surface area (Å²) in [5.41, 5.74) is 2.02. The molecular formula is C5H8N2O4S. The van der Waals surface area contributed by atoms with Crippen molar-refractivity contribution in [1.29, 1.82) is 0 Å². The average Bonchev–Trinajstić information content (AvgIpc) is 2.36. The SMILES string of the molecule is O=C1CC(S(=O)(=O)CCO)=NN1. The van der Waals surface area contributed by atoms with Gasteiger partial charge >= 0.3 is 0 Å². The van der Waals surface area contributed by atoms with Crippen LogP contribution >= 0.6 is 0 Å². The van der Waals surface area contributed by atoms with Gasteiger partial charge in [-0.25, -0.2) is 13.8 Å². The van der Waals surface area contributed by atoms with E-state index < -0.39 is 22.4 Å². The van der Waals surface area contributed by atoms with Crippen LogP contribution < -0.4 is 5.43 Å². The Morgan fingerprint density at radius 2 is 2.25 bits per heavy atom. The van der Waals surface area contributed by atoms with Crippen LogP contribution in [0.4, 0.5) is 0 Å². The summed E-state index contributed by atoms with van der Waals surface area (Å²) < 4.78 is 22.2. The summed E-state index contributed by atoms with van der Waals surface area (Å²) in [6.45, 7) is -0.463. The van der Waals surface area contributed by atoms with Crippen LogP contribution in [0, 0.1) is 0 Å². The minimum atomic E-state index is -3.53. The second-order valence-electron chi connectivity index (χ2n) is 2.26. The number of hydrazone groups is 1. The summed E-state index contributed by atoms with van der Waals surface area (Å²) in [5, 5.41) is 11.5. The lowest BCUT2D eigenvalue weighted by Gasteiger charge is -1.97. The second kappa shape index (κ2) is 3.20. The molecule has 68 valence electrons. The quantitative estimate of drug-likeness (QED) is 0.541. The monoisotopic (exact) mass is 192 g/mol. The summed E-state index contributed by atoms with van der Waals surface area (Å²) in [6, 6.07) is 0. The number of rotatable bonds is 2. The van der Waals surface area contributed by atoms with Gasteiger partial charge in [0.25, 0.3) is 0 Å². The lowest BCUT2D eigenvalue weighted by atomic mass is 10.5. The molecule has 0 saturated heterocycles. The largest absolute Gasteiger partial charge is 0.395 e. The minimum absolute atomic E-state index is 0.193. The van der Waals surface area contributed by atoms with Gasteiger partial charge in [-0.3, -0.25) is 4.79 Å². The minimum Gasteiger partial charge on any atom is -0.395 e. The number of aliphatic hydroxyl groups excluding tert-OH is 1. The van der Waals surface area contributed by atoms with Crippen molar-refractivity contribution in [2.24, 2.45) is 5.10 Å². The van der Waals surface area contributed by atoms with Gasteiger partial charge in [-0.2, -0.15) is 5.10 Å². The number of sulfone groups is 1. The Bertz CT molecular complexity index is 318. The fourth-order valence-electron chi connectivity index (χ4n) is 0.759. The third-order valence-electron chi connectivity index (χ3n) is 1.34. The summed E-state index contributed by atoms with van der Waals surface area (Å²) in [5.74, 6) is -0.827. The average molecular weight is 192 g/mol. The summed E-state index contributed by atoms with van der Waals surface area (Å²) in [6.07, 6.45) is -0.220. The second-order valence-corrected chi connectivity index (χ2v) is 4.37. The molecule has 7 heteroatoms. The molecule has 0 aromatic heterocycles. The first-order valence-electron chi connectivity index (χ1n) is 3.25. The molecule has 0 aliphatic carbocycles. The van der Waals surface area contributed by atoms with Crippen LogP contribution in [0.15, 0.2) is 5.10 Å². The Hall–Kier alpha value is -0.950. The molecule has 0 aromatic rings. The van der Waals surface area contributed by atoms with Crippen LogP contribution in [-0.2, 0) is 14.6 Å². The van der Waals surface area contributed by atoms with Crippen molar-refractivity contribution in [2.45, 2.75) is 6.42 Å². The fourth-order valence-corrected chi connectivity index (χ4v) is 1.77. The van der Waals surface area contributed by atoms with E-state index in [0.717, 1.165) is 0 Å². The molecule has 0 aromatic carbocycles. The highest BCUT2D eigenvalue weighted by atomic mass is 32.2. The van der Waals surface area contributed by atoms with Crippen LogP contribution in [0.25, 0.3) is 0 Å². The van der Waals surface area contributed by atoms with Crippen LogP contribution in [-0.4, -0.2) is 36.8 Å². The Balaban J connectivity index is 2.77. The normalized spacial score (nSPS) is 17.4. The van der Waals surface area contributed by atoms with Gasteiger partial charge in [-0.1, -0.05) is 0 Å². The molecule has 1 aliphatic heterocycles. The molecule has 0 fully saturated rings. The number of hydrogen-bond acceptors (Lipinski definition) is 5. The van der Waals surface area contributed by atoms with Crippen molar-refractivity contribution < 1.29 is 18.3 Å². The van der Waals surface area contributed by atoms with Crippen LogP contribution in [0.2, 0.25) is 0 Å². The van der Waals surface area contributed by atoms with E-state index in [4.69, 9.17) is 5.11 Å². The van der Waals surface area contributed by atoms with Gasteiger partial charge in [0.1, 0.15) is 0 Å². The van der Waals surface area contributed by atoms with E-state index in [1.807, 2.05) is 5.43 Å². The molecule has 1 aliphatic rings. The van der Waals surface area contributed by atoms with Crippen LogP contribution in [0.1, 0.15) is 6.42 Å². The molecular weight excluding hydrogens is 184 g/mol. The van der Waals surface area contributed by atoms with Gasteiger partial charge in [0.2, 0.25) is 5.91 Å².